The first-order chi connectivity index (χ1) is 14.7. The molecule has 0 spiro atoms. The number of hydrogen-bond acceptors (Lipinski definition) is 6. The van der Waals surface area contributed by atoms with Gasteiger partial charge in [-0.1, -0.05) is 30.7 Å². The highest BCUT2D eigenvalue weighted by Crippen LogP contribution is 2.31. The maximum atomic E-state index is 12.8. The van der Waals surface area contributed by atoms with Crippen molar-refractivity contribution in [3.05, 3.63) is 35.1 Å². The molecule has 0 atom stereocenters. The molecule has 31 heavy (non-hydrogen) atoms. The van der Waals surface area contributed by atoms with Crippen LogP contribution in [-0.2, 0) is 10.0 Å². The number of methoxy groups -OCH3 is 1. The molecule has 1 fully saturated rings. The summed E-state index contributed by atoms with van der Waals surface area (Å²) >= 11 is 5.98. The van der Waals surface area contributed by atoms with Crippen LogP contribution in [0.5, 0.6) is 5.75 Å². The predicted octanol–water partition coefficient (Wildman–Crippen LogP) is 2.79. The van der Waals surface area contributed by atoms with Gasteiger partial charge < -0.3 is 10.1 Å². The Morgan fingerprint density at radius 2 is 2.00 bits per heavy atom. The fourth-order valence-electron chi connectivity index (χ4n) is 3.55. The molecule has 2 aromatic rings. The van der Waals surface area contributed by atoms with Crippen molar-refractivity contribution in [3.63, 3.8) is 0 Å². The van der Waals surface area contributed by atoms with Gasteiger partial charge in [0.1, 0.15) is 10.6 Å². The number of halogens is 1. The Bertz CT molecular complexity index is 1020. The van der Waals surface area contributed by atoms with Crippen LogP contribution in [0.15, 0.2) is 29.3 Å². The summed E-state index contributed by atoms with van der Waals surface area (Å²) in [5, 5.41) is 11.2. The highest BCUT2D eigenvalue weighted by Gasteiger charge is 2.29. The lowest BCUT2D eigenvalue weighted by Gasteiger charge is -2.28. The van der Waals surface area contributed by atoms with Crippen LogP contribution in [0.2, 0.25) is 5.02 Å². The Labute approximate surface area is 187 Å². The molecule has 1 saturated carbocycles. The number of sulfonamides is 1. The molecule has 3 rings (SSSR count). The van der Waals surface area contributed by atoms with E-state index in [1.165, 1.54) is 19.2 Å². The number of carbonyl (C=O) groups excluding carboxylic acids is 1. The highest BCUT2D eigenvalue weighted by atomic mass is 35.5. The Hall–Kier alpha value is -2.17. The average molecular weight is 470 g/mol. The Balaban J connectivity index is 1.59. The number of amides is 1. The van der Waals surface area contributed by atoms with E-state index in [0.29, 0.717) is 30.3 Å². The average Bonchev–Trinajstić information content (AvgIpc) is 3.22. The summed E-state index contributed by atoms with van der Waals surface area (Å²) in [5.74, 6) is 0.360. The van der Waals surface area contributed by atoms with Crippen molar-refractivity contribution in [2.75, 3.05) is 13.7 Å². The molecule has 1 heterocycles. The summed E-state index contributed by atoms with van der Waals surface area (Å²) in [6.07, 6.45) is 4.37. The van der Waals surface area contributed by atoms with Crippen LogP contribution in [0.1, 0.15) is 56.1 Å². The van der Waals surface area contributed by atoms with Gasteiger partial charge in [0.05, 0.1) is 19.3 Å². The third-order valence-electron chi connectivity index (χ3n) is 5.22. The van der Waals surface area contributed by atoms with E-state index in [-0.39, 0.29) is 34.3 Å². The van der Waals surface area contributed by atoms with Crippen LogP contribution in [0.4, 0.5) is 0 Å². The van der Waals surface area contributed by atoms with Crippen molar-refractivity contribution in [1.82, 2.24) is 25.0 Å². The highest BCUT2D eigenvalue weighted by molar-refractivity contribution is 7.89. The second kappa shape index (κ2) is 9.97. The molecule has 9 nitrogen and oxygen atoms in total. The zero-order chi connectivity index (χ0) is 22.6. The van der Waals surface area contributed by atoms with Crippen molar-refractivity contribution in [3.8, 4) is 5.75 Å². The number of aromatic nitrogens is 3. The molecule has 1 amide bonds. The third-order valence-corrected chi connectivity index (χ3v) is 7.00. The molecule has 0 radical (unpaired) electrons. The van der Waals surface area contributed by atoms with Gasteiger partial charge in [-0.3, -0.25) is 4.79 Å². The molecule has 1 aromatic carbocycles. The van der Waals surface area contributed by atoms with Crippen LogP contribution >= 0.6 is 11.6 Å². The van der Waals surface area contributed by atoms with E-state index >= 15 is 0 Å². The second-order valence-electron chi connectivity index (χ2n) is 8.11. The number of carbonyl (C=O) groups is 1. The first-order valence-corrected chi connectivity index (χ1v) is 12.1. The Kier molecular flexibility index (Phi) is 7.55. The zero-order valence-electron chi connectivity index (χ0n) is 17.8. The number of hydrogen-bond donors (Lipinski definition) is 2. The number of rotatable bonds is 8. The summed E-state index contributed by atoms with van der Waals surface area (Å²) < 4.78 is 35.3. The lowest BCUT2D eigenvalue weighted by atomic mass is 9.92. The SMILES string of the molecule is COc1ccc(Cl)cc1S(=O)(=O)NC1CCC(n2cc(C(=O)NCC(C)C)nn2)CC1. The van der Waals surface area contributed by atoms with Gasteiger partial charge in [0.15, 0.2) is 5.69 Å². The Morgan fingerprint density at radius 3 is 2.65 bits per heavy atom. The predicted molar refractivity (Wildman–Crippen MR) is 117 cm³/mol. The van der Waals surface area contributed by atoms with E-state index in [4.69, 9.17) is 16.3 Å². The minimum Gasteiger partial charge on any atom is -0.495 e. The standard InChI is InChI=1S/C20H28ClN5O4S/c1-13(2)11-22-20(27)17-12-26(25-23-17)16-7-5-15(6-8-16)24-31(28,29)19-10-14(21)4-9-18(19)30-3/h4,9-10,12-13,15-16,24H,5-8,11H2,1-3H3,(H,22,27). The van der Waals surface area contributed by atoms with Crippen LogP contribution in [0.3, 0.4) is 0 Å². The fourth-order valence-corrected chi connectivity index (χ4v) is 5.28. The summed E-state index contributed by atoms with van der Waals surface area (Å²) in [5.41, 5.74) is 0.288. The quantitative estimate of drug-likeness (QED) is 0.614. The van der Waals surface area contributed by atoms with Gasteiger partial charge in [-0.2, -0.15) is 0 Å². The lowest BCUT2D eigenvalue weighted by Crippen LogP contribution is -2.38. The maximum absolute atomic E-state index is 12.8. The van der Waals surface area contributed by atoms with E-state index in [1.54, 1.807) is 16.9 Å². The molecule has 2 N–H and O–H groups in total. The third kappa shape index (κ3) is 5.96. The van der Waals surface area contributed by atoms with Crippen LogP contribution in [-0.4, -0.2) is 49.0 Å². The van der Waals surface area contributed by atoms with E-state index in [0.717, 1.165) is 12.8 Å². The molecule has 1 aliphatic rings. The smallest absolute Gasteiger partial charge is 0.273 e. The number of benzene rings is 1. The Morgan fingerprint density at radius 1 is 1.29 bits per heavy atom. The van der Waals surface area contributed by atoms with Gasteiger partial charge in [0.25, 0.3) is 5.91 Å². The van der Waals surface area contributed by atoms with Gasteiger partial charge in [-0.05, 0) is 49.8 Å². The molecule has 0 saturated heterocycles. The van der Waals surface area contributed by atoms with Gasteiger partial charge in [-0.15, -0.1) is 5.10 Å². The lowest BCUT2D eigenvalue weighted by molar-refractivity contribution is 0.0944. The van der Waals surface area contributed by atoms with Gasteiger partial charge in [0.2, 0.25) is 10.0 Å². The number of nitrogens with zero attached hydrogens (tertiary/aromatic N) is 3. The first-order valence-electron chi connectivity index (χ1n) is 10.3. The van der Waals surface area contributed by atoms with Crippen molar-refractivity contribution >= 4 is 27.5 Å². The van der Waals surface area contributed by atoms with Gasteiger partial charge >= 0.3 is 0 Å². The molecule has 0 aliphatic heterocycles. The normalized spacial score (nSPS) is 19.4. The zero-order valence-corrected chi connectivity index (χ0v) is 19.4. The molecular formula is C20H28ClN5O4S. The second-order valence-corrected chi connectivity index (χ2v) is 10.2. The molecule has 170 valence electrons. The van der Waals surface area contributed by atoms with Crippen LogP contribution in [0.25, 0.3) is 0 Å². The molecule has 1 aliphatic carbocycles. The largest absolute Gasteiger partial charge is 0.495 e. The van der Waals surface area contributed by atoms with Gasteiger partial charge in [-0.25, -0.2) is 17.8 Å². The fraction of sp³-hybridized carbons (Fsp3) is 0.550. The van der Waals surface area contributed by atoms with Crippen molar-refractivity contribution in [2.24, 2.45) is 5.92 Å². The van der Waals surface area contributed by atoms with Crippen molar-refractivity contribution in [2.45, 2.75) is 56.5 Å². The summed E-state index contributed by atoms with van der Waals surface area (Å²) in [6.45, 7) is 4.62. The van der Waals surface area contributed by atoms with E-state index < -0.39 is 10.0 Å². The monoisotopic (exact) mass is 469 g/mol. The van der Waals surface area contributed by atoms with Crippen molar-refractivity contribution in [1.29, 1.82) is 0 Å². The molecular weight excluding hydrogens is 442 g/mol. The summed E-state index contributed by atoms with van der Waals surface area (Å²) in [4.78, 5) is 12.2. The first kappa shape index (κ1) is 23.5. The maximum Gasteiger partial charge on any atom is 0.273 e. The number of nitrogens with one attached hydrogen (secondary N) is 2. The minimum absolute atomic E-state index is 0.0259. The molecule has 0 unspecified atom stereocenters. The summed E-state index contributed by atoms with van der Waals surface area (Å²) in [6, 6.07) is 4.37. The number of ether oxygens (including phenoxy) is 1. The van der Waals surface area contributed by atoms with Crippen molar-refractivity contribution < 1.29 is 17.9 Å². The molecule has 11 heteroatoms. The van der Waals surface area contributed by atoms with E-state index in [1.807, 2.05) is 13.8 Å². The minimum atomic E-state index is -3.77. The van der Waals surface area contributed by atoms with Gasteiger partial charge in [0, 0.05) is 17.6 Å². The van der Waals surface area contributed by atoms with Crippen LogP contribution < -0.4 is 14.8 Å². The van der Waals surface area contributed by atoms with Crippen LogP contribution in [0, 0.1) is 5.92 Å². The molecule has 0 bridgehead atoms. The topological polar surface area (TPSA) is 115 Å². The van der Waals surface area contributed by atoms with E-state index in [9.17, 15) is 13.2 Å². The molecule has 1 aromatic heterocycles. The summed E-state index contributed by atoms with van der Waals surface area (Å²) in [7, 11) is -2.36. The van der Waals surface area contributed by atoms with E-state index in [2.05, 4.69) is 20.4 Å².